The second-order valence-electron chi connectivity index (χ2n) is 11.2. The van der Waals surface area contributed by atoms with Gasteiger partial charge >= 0.3 is 6.09 Å². The van der Waals surface area contributed by atoms with Crippen LogP contribution in [0.4, 0.5) is 4.79 Å². The molecule has 0 heterocycles. The predicted molar refractivity (Wildman–Crippen MR) is 157 cm³/mol. The molecule has 212 valence electrons. The van der Waals surface area contributed by atoms with Crippen LogP contribution in [-0.4, -0.2) is 58.0 Å². The molecule has 8 heteroatoms. The fraction of sp³-hybridized carbons (Fsp3) is 0.633. The van der Waals surface area contributed by atoms with E-state index in [1.165, 1.54) is 0 Å². The third-order valence-corrected chi connectivity index (χ3v) is 7.03. The summed E-state index contributed by atoms with van der Waals surface area (Å²) in [5.41, 5.74) is -0.335. The van der Waals surface area contributed by atoms with E-state index >= 15 is 0 Å². The monoisotopic (exact) mass is 545 g/mol. The Labute approximate surface area is 234 Å². The Balaban J connectivity index is 3.71. The largest absolute Gasteiger partial charge is 0.444 e. The van der Waals surface area contributed by atoms with Crippen molar-refractivity contribution in [3.8, 4) is 12.3 Å². The number of alkyl carbamates (subject to hydrolysis) is 1. The zero-order valence-electron chi connectivity index (χ0n) is 24.6. The Morgan fingerprint density at radius 1 is 1.08 bits per heavy atom. The van der Waals surface area contributed by atoms with Gasteiger partial charge in [0, 0.05) is 17.1 Å². The predicted octanol–water partition coefficient (Wildman–Crippen LogP) is 5.68. The van der Waals surface area contributed by atoms with E-state index < -0.39 is 29.3 Å². The Hall–Kier alpha value is -2.66. The van der Waals surface area contributed by atoms with Crippen molar-refractivity contribution in [2.45, 2.75) is 110 Å². The number of amides is 3. The van der Waals surface area contributed by atoms with Crippen molar-refractivity contribution in [2.75, 3.05) is 12.0 Å². The number of rotatable bonds is 13. The SMILES string of the molecule is C#Cc1ccccc1C(C(=O)NC(C)CCC)N(C(=O)C(CCSC)NC(=O)OC(C)(C)C)C(C)(C)CC. The highest BCUT2D eigenvalue weighted by Gasteiger charge is 2.43. The summed E-state index contributed by atoms with van der Waals surface area (Å²) in [5, 5.41) is 5.88. The number of carbonyl (C=O) groups excluding carboxylic acids is 3. The average molecular weight is 546 g/mol. The molecule has 3 atom stereocenters. The maximum Gasteiger partial charge on any atom is 0.408 e. The van der Waals surface area contributed by atoms with Crippen molar-refractivity contribution >= 4 is 29.7 Å². The molecule has 1 aromatic rings. The van der Waals surface area contributed by atoms with Gasteiger partial charge in [-0.25, -0.2) is 4.79 Å². The topological polar surface area (TPSA) is 87.7 Å². The summed E-state index contributed by atoms with van der Waals surface area (Å²) in [6, 6.07) is 5.26. The van der Waals surface area contributed by atoms with Gasteiger partial charge in [0.1, 0.15) is 17.7 Å². The molecular formula is C30H47N3O4S. The number of carbonyl (C=O) groups is 3. The minimum atomic E-state index is -0.985. The highest BCUT2D eigenvalue weighted by molar-refractivity contribution is 7.98. The number of thioether (sulfide) groups is 1. The number of ether oxygens (including phenoxy) is 1. The molecule has 1 rings (SSSR count). The summed E-state index contributed by atoms with van der Waals surface area (Å²) < 4.78 is 5.47. The van der Waals surface area contributed by atoms with Gasteiger partial charge < -0.3 is 20.3 Å². The van der Waals surface area contributed by atoms with Gasteiger partial charge in [-0.05, 0) is 84.4 Å². The van der Waals surface area contributed by atoms with E-state index in [4.69, 9.17) is 11.2 Å². The molecule has 0 aliphatic heterocycles. The fourth-order valence-electron chi connectivity index (χ4n) is 4.15. The van der Waals surface area contributed by atoms with Crippen LogP contribution in [0, 0.1) is 12.3 Å². The van der Waals surface area contributed by atoms with Crippen LogP contribution >= 0.6 is 11.8 Å². The lowest BCUT2D eigenvalue weighted by molar-refractivity contribution is -0.149. The van der Waals surface area contributed by atoms with Crippen LogP contribution in [0.15, 0.2) is 24.3 Å². The molecule has 0 fully saturated rings. The normalized spacial score (nSPS) is 14.0. The fourth-order valence-corrected chi connectivity index (χ4v) is 4.62. The van der Waals surface area contributed by atoms with Gasteiger partial charge in [0.2, 0.25) is 11.8 Å². The molecule has 0 radical (unpaired) electrons. The molecule has 0 spiro atoms. The van der Waals surface area contributed by atoms with E-state index in [-0.39, 0.29) is 17.9 Å². The van der Waals surface area contributed by atoms with Crippen LogP contribution in [0.3, 0.4) is 0 Å². The molecule has 0 aliphatic rings. The zero-order chi connectivity index (χ0) is 29.1. The molecule has 0 bridgehead atoms. The van der Waals surface area contributed by atoms with Crippen molar-refractivity contribution in [1.82, 2.24) is 15.5 Å². The standard InChI is InChI=1S/C30H47N3O4S/c1-11-16-21(4)31-26(34)25(23-18-15-14-17-22(23)12-2)33(30(8,9)13-3)27(35)24(19-20-38-10)32-28(36)37-29(5,6)7/h2,14-15,17-18,21,24-25H,11,13,16,19-20H2,1,3-10H3,(H,31,34)(H,32,36). The lowest BCUT2D eigenvalue weighted by Crippen LogP contribution is -2.60. The molecule has 0 aliphatic carbocycles. The molecule has 0 saturated heterocycles. The molecule has 0 saturated carbocycles. The number of hydrogen-bond donors (Lipinski definition) is 2. The first kappa shape index (κ1) is 33.4. The minimum Gasteiger partial charge on any atom is -0.444 e. The van der Waals surface area contributed by atoms with Crippen LogP contribution in [0.1, 0.15) is 98.2 Å². The van der Waals surface area contributed by atoms with E-state index in [1.54, 1.807) is 49.6 Å². The zero-order valence-corrected chi connectivity index (χ0v) is 25.5. The van der Waals surface area contributed by atoms with E-state index in [0.29, 0.717) is 29.7 Å². The molecule has 1 aromatic carbocycles. The molecule has 2 N–H and O–H groups in total. The lowest BCUT2D eigenvalue weighted by atomic mass is 9.90. The molecule has 38 heavy (non-hydrogen) atoms. The molecule has 0 aromatic heterocycles. The Morgan fingerprint density at radius 3 is 2.24 bits per heavy atom. The summed E-state index contributed by atoms with van der Waals surface area (Å²) in [7, 11) is 0. The van der Waals surface area contributed by atoms with Crippen molar-refractivity contribution in [3.05, 3.63) is 35.4 Å². The minimum absolute atomic E-state index is 0.0816. The summed E-state index contributed by atoms with van der Waals surface area (Å²) >= 11 is 1.57. The quantitative estimate of drug-likeness (QED) is 0.312. The summed E-state index contributed by atoms with van der Waals surface area (Å²) in [6.45, 7) is 15.2. The van der Waals surface area contributed by atoms with Crippen molar-refractivity contribution in [2.24, 2.45) is 0 Å². The smallest absolute Gasteiger partial charge is 0.408 e. The highest BCUT2D eigenvalue weighted by atomic mass is 32.2. The number of benzene rings is 1. The van der Waals surface area contributed by atoms with Crippen molar-refractivity contribution < 1.29 is 19.1 Å². The maximum absolute atomic E-state index is 14.4. The Kier molecular flexibility index (Phi) is 13.2. The van der Waals surface area contributed by atoms with Gasteiger partial charge in [-0.2, -0.15) is 11.8 Å². The average Bonchev–Trinajstić information content (AvgIpc) is 2.83. The maximum atomic E-state index is 14.4. The van der Waals surface area contributed by atoms with Crippen LogP contribution in [0.2, 0.25) is 0 Å². The third-order valence-electron chi connectivity index (χ3n) is 6.38. The molecule has 7 nitrogen and oxygen atoms in total. The first-order valence-electron chi connectivity index (χ1n) is 13.4. The van der Waals surface area contributed by atoms with Crippen molar-refractivity contribution in [1.29, 1.82) is 0 Å². The lowest BCUT2D eigenvalue weighted by Gasteiger charge is -2.45. The van der Waals surface area contributed by atoms with Crippen LogP contribution < -0.4 is 10.6 Å². The van der Waals surface area contributed by atoms with E-state index in [2.05, 4.69) is 23.5 Å². The van der Waals surface area contributed by atoms with Gasteiger partial charge in [-0.15, -0.1) is 6.42 Å². The van der Waals surface area contributed by atoms with Crippen LogP contribution in [0.25, 0.3) is 0 Å². The third kappa shape index (κ3) is 9.90. The second-order valence-corrected chi connectivity index (χ2v) is 12.2. The van der Waals surface area contributed by atoms with Gasteiger partial charge in [0.05, 0.1) is 0 Å². The van der Waals surface area contributed by atoms with Gasteiger partial charge in [0.25, 0.3) is 0 Å². The second kappa shape index (κ2) is 15.1. The first-order chi connectivity index (χ1) is 17.7. The summed E-state index contributed by atoms with van der Waals surface area (Å²) in [5.74, 6) is 2.66. The van der Waals surface area contributed by atoms with Crippen LogP contribution in [0.5, 0.6) is 0 Å². The van der Waals surface area contributed by atoms with Gasteiger partial charge in [0.15, 0.2) is 0 Å². The number of nitrogens with zero attached hydrogens (tertiary/aromatic N) is 1. The Morgan fingerprint density at radius 2 is 1.71 bits per heavy atom. The Bertz CT molecular complexity index is 980. The van der Waals surface area contributed by atoms with E-state index in [9.17, 15) is 14.4 Å². The molecule has 3 unspecified atom stereocenters. The van der Waals surface area contributed by atoms with Crippen LogP contribution in [-0.2, 0) is 14.3 Å². The summed E-state index contributed by atoms with van der Waals surface area (Å²) in [4.78, 5) is 42.7. The molecular weight excluding hydrogens is 498 g/mol. The van der Waals surface area contributed by atoms with Crippen molar-refractivity contribution in [3.63, 3.8) is 0 Å². The van der Waals surface area contributed by atoms with E-state index in [0.717, 1.165) is 12.8 Å². The number of terminal acetylenes is 1. The number of hydrogen-bond acceptors (Lipinski definition) is 5. The summed E-state index contributed by atoms with van der Waals surface area (Å²) in [6.07, 6.45) is 9.78. The van der Waals surface area contributed by atoms with E-state index in [1.807, 2.05) is 46.1 Å². The van der Waals surface area contributed by atoms with Gasteiger partial charge in [-0.1, -0.05) is 44.4 Å². The first-order valence-corrected chi connectivity index (χ1v) is 14.8. The highest BCUT2D eigenvalue weighted by Crippen LogP contribution is 2.34. The molecule has 3 amide bonds. The van der Waals surface area contributed by atoms with Gasteiger partial charge in [-0.3, -0.25) is 9.59 Å². The number of nitrogens with one attached hydrogen (secondary N) is 2.